The van der Waals surface area contributed by atoms with E-state index in [9.17, 15) is 4.79 Å². The van der Waals surface area contributed by atoms with Crippen molar-refractivity contribution < 1.29 is 9.53 Å². The predicted molar refractivity (Wildman–Crippen MR) is 51.6 cm³/mol. The lowest BCUT2D eigenvalue weighted by molar-refractivity contribution is -0.129. The van der Waals surface area contributed by atoms with Crippen LogP contribution in [0, 0.1) is 6.92 Å². The highest BCUT2D eigenvalue weighted by atomic mass is 16.5. The molecule has 70 valence electrons. The van der Waals surface area contributed by atoms with Crippen LogP contribution >= 0.6 is 0 Å². The molecule has 1 rings (SSSR count). The zero-order valence-corrected chi connectivity index (χ0v) is 7.83. The zero-order valence-electron chi connectivity index (χ0n) is 7.83. The highest BCUT2D eigenvalue weighted by molar-refractivity contribution is 5.48. The summed E-state index contributed by atoms with van der Waals surface area (Å²) < 4.78 is 4.69. The normalized spacial score (nSPS) is 9.38. The summed E-state index contributed by atoms with van der Waals surface area (Å²) in [6.07, 6.45) is 0. The van der Waals surface area contributed by atoms with Gasteiger partial charge in [0.25, 0.3) is 6.47 Å². The Morgan fingerprint density at radius 2 is 2.31 bits per heavy atom. The van der Waals surface area contributed by atoms with Crippen LogP contribution in [-0.2, 0) is 16.1 Å². The van der Waals surface area contributed by atoms with E-state index >= 15 is 0 Å². The number of hydrogen-bond donors (Lipinski definition) is 1. The second kappa shape index (κ2) is 4.50. The first-order valence-electron chi connectivity index (χ1n) is 4.10. The van der Waals surface area contributed by atoms with Crippen LogP contribution in [0.5, 0.6) is 0 Å². The van der Waals surface area contributed by atoms with Crippen LogP contribution in [0.15, 0.2) is 18.2 Å². The Kier molecular flexibility index (Phi) is 3.31. The molecule has 3 heteroatoms. The summed E-state index contributed by atoms with van der Waals surface area (Å²) >= 11 is 0. The average molecular weight is 179 g/mol. The third kappa shape index (κ3) is 2.47. The molecular formula is C10H13NO2. The van der Waals surface area contributed by atoms with Crippen LogP contribution < -0.4 is 5.32 Å². The SMILES string of the molecule is CNc1ccc(C)c(COC=O)c1. The van der Waals surface area contributed by atoms with Gasteiger partial charge in [0.2, 0.25) is 0 Å². The Hall–Kier alpha value is -1.51. The van der Waals surface area contributed by atoms with E-state index in [1.807, 2.05) is 32.2 Å². The molecule has 1 aromatic rings. The highest BCUT2D eigenvalue weighted by Crippen LogP contribution is 2.15. The molecule has 0 atom stereocenters. The van der Waals surface area contributed by atoms with Gasteiger partial charge in [0, 0.05) is 12.7 Å². The van der Waals surface area contributed by atoms with Gasteiger partial charge in [-0.05, 0) is 30.2 Å². The van der Waals surface area contributed by atoms with Gasteiger partial charge in [-0.2, -0.15) is 0 Å². The number of anilines is 1. The molecule has 1 N–H and O–H groups in total. The molecule has 0 bridgehead atoms. The molecule has 3 nitrogen and oxygen atoms in total. The fraction of sp³-hybridized carbons (Fsp3) is 0.300. The van der Waals surface area contributed by atoms with Crippen molar-refractivity contribution >= 4 is 12.2 Å². The van der Waals surface area contributed by atoms with Crippen molar-refractivity contribution in [2.45, 2.75) is 13.5 Å². The van der Waals surface area contributed by atoms with Crippen LogP contribution in [0.2, 0.25) is 0 Å². The van der Waals surface area contributed by atoms with Crippen LogP contribution in [0.4, 0.5) is 5.69 Å². The van der Waals surface area contributed by atoms with Crippen molar-refractivity contribution in [1.82, 2.24) is 0 Å². The molecule has 0 unspecified atom stereocenters. The topological polar surface area (TPSA) is 38.3 Å². The first-order chi connectivity index (χ1) is 6.27. The first kappa shape index (κ1) is 9.58. The van der Waals surface area contributed by atoms with Crippen molar-refractivity contribution in [2.75, 3.05) is 12.4 Å². The molecule has 0 fully saturated rings. The van der Waals surface area contributed by atoms with Gasteiger partial charge in [-0.25, -0.2) is 0 Å². The molecule has 1 aromatic carbocycles. The molecule has 0 radical (unpaired) electrons. The smallest absolute Gasteiger partial charge is 0.293 e. The van der Waals surface area contributed by atoms with Crippen LogP contribution in [0.3, 0.4) is 0 Å². The van der Waals surface area contributed by atoms with E-state index in [4.69, 9.17) is 4.74 Å². The second-order valence-corrected chi connectivity index (χ2v) is 2.80. The molecule has 0 aliphatic carbocycles. The summed E-state index contributed by atoms with van der Waals surface area (Å²) in [4.78, 5) is 10.0. The van der Waals surface area contributed by atoms with Crippen LogP contribution in [-0.4, -0.2) is 13.5 Å². The van der Waals surface area contributed by atoms with Gasteiger partial charge < -0.3 is 10.1 Å². The minimum Gasteiger partial charge on any atom is -0.463 e. The van der Waals surface area contributed by atoms with E-state index in [1.54, 1.807) is 0 Å². The maximum atomic E-state index is 10.0. The number of nitrogens with one attached hydrogen (secondary N) is 1. The third-order valence-electron chi connectivity index (χ3n) is 1.94. The van der Waals surface area contributed by atoms with Gasteiger partial charge in [-0.3, -0.25) is 4.79 Å². The lowest BCUT2D eigenvalue weighted by atomic mass is 10.1. The number of benzene rings is 1. The summed E-state index contributed by atoms with van der Waals surface area (Å²) in [7, 11) is 1.86. The maximum Gasteiger partial charge on any atom is 0.293 e. The Morgan fingerprint density at radius 1 is 1.54 bits per heavy atom. The molecule has 13 heavy (non-hydrogen) atoms. The number of hydrogen-bond acceptors (Lipinski definition) is 3. The van der Waals surface area contributed by atoms with Gasteiger partial charge in [-0.15, -0.1) is 0 Å². The number of aryl methyl sites for hydroxylation is 1. The molecule has 0 aromatic heterocycles. The fourth-order valence-corrected chi connectivity index (χ4v) is 1.11. The quantitative estimate of drug-likeness (QED) is 0.715. The summed E-state index contributed by atoms with van der Waals surface area (Å²) in [6.45, 7) is 2.79. The average Bonchev–Trinajstić information content (AvgIpc) is 2.17. The maximum absolute atomic E-state index is 10.0. The summed E-state index contributed by atoms with van der Waals surface area (Å²) in [5.41, 5.74) is 3.18. The van der Waals surface area contributed by atoms with E-state index < -0.39 is 0 Å². The van der Waals surface area contributed by atoms with Crippen molar-refractivity contribution in [1.29, 1.82) is 0 Å². The van der Waals surface area contributed by atoms with Crippen molar-refractivity contribution in [2.24, 2.45) is 0 Å². The standard InChI is InChI=1S/C10H13NO2/c1-8-3-4-10(11-2)5-9(8)6-13-7-12/h3-5,7,11H,6H2,1-2H3. The fourth-order valence-electron chi connectivity index (χ4n) is 1.11. The van der Waals surface area contributed by atoms with E-state index in [-0.39, 0.29) is 0 Å². The minimum atomic E-state index is 0.338. The van der Waals surface area contributed by atoms with Gasteiger partial charge >= 0.3 is 0 Å². The van der Waals surface area contributed by atoms with E-state index in [0.717, 1.165) is 16.8 Å². The third-order valence-corrected chi connectivity index (χ3v) is 1.94. The van der Waals surface area contributed by atoms with Crippen LogP contribution in [0.25, 0.3) is 0 Å². The summed E-state index contributed by atoms with van der Waals surface area (Å²) in [5.74, 6) is 0. The lowest BCUT2D eigenvalue weighted by Crippen LogP contribution is -1.96. The molecule has 0 saturated carbocycles. The second-order valence-electron chi connectivity index (χ2n) is 2.80. The number of carbonyl (C=O) groups excluding carboxylic acids is 1. The molecule has 0 heterocycles. The molecule has 0 spiro atoms. The number of rotatable bonds is 4. The van der Waals surface area contributed by atoms with E-state index in [1.165, 1.54) is 0 Å². The summed E-state index contributed by atoms with van der Waals surface area (Å²) in [6, 6.07) is 5.95. The van der Waals surface area contributed by atoms with Gasteiger partial charge in [0.1, 0.15) is 6.61 Å². The van der Waals surface area contributed by atoms with Crippen LogP contribution in [0.1, 0.15) is 11.1 Å². The predicted octanol–water partition coefficient (Wildman–Crippen LogP) is 1.71. The molecule has 0 aliphatic heterocycles. The monoisotopic (exact) mass is 179 g/mol. The lowest BCUT2D eigenvalue weighted by Gasteiger charge is -2.07. The molecule has 0 aliphatic rings. The van der Waals surface area contributed by atoms with Gasteiger partial charge in [0.05, 0.1) is 0 Å². The Labute approximate surface area is 77.7 Å². The first-order valence-corrected chi connectivity index (χ1v) is 4.10. The molecule has 0 saturated heterocycles. The molecule has 0 amide bonds. The summed E-state index contributed by atoms with van der Waals surface area (Å²) in [5, 5.41) is 3.03. The highest BCUT2D eigenvalue weighted by Gasteiger charge is 1.99. The van der Waals surface area contributed by atoms with E-state index in [2.05, 4.69) is 5.32 Å². The number of ether oxygens (including phenoxy) is 1. The van der Waals surface area contributed by atoms with Gasteiger partial charge in [0.15, 0.2) is 0 Å². The molecular weight excluding hydrogens is 166 g/mol. The van der Waals surface area contributed by atoms with Gasteiger partial charge in [-0.1, -0.05) is 6.07 Å². The number of carbonyl (C=O) groups is 1. The van der Waals surface area contributed by atoms with E-state index in [0.29, 0.717) is 13.1 Å². The Bertz CT molecular complexity index is 297. The van der Waals surface area contributed by atoms with Crippen molar-refractivity contribution in [3.8, 4) is 0 Å². The van der Waals surface area contributed by atoms with Crippen molar-refractivity contribution in [3.05, 3.63) is 29.3 Å². The zero-order chi connectivity index (χ0) is 9.68. The minimum absolute atomic E-state index is 0.338. The van der Waals surface area contributed by atoms with Crippen molar-refractivity contribution in [3.63, 3.8) is 0 Å². The largest absolute Gasteiger partial charge is 0.463 e. The Balaban J connectivity index is 2.83. The Morgan fingerprint density at radius 3 is 2.92 bits per heavy atom.